The molecule has 2 fully saturated rings. The lowest BCUT2D eigenvalue weighted by atomic mass is 10.1. The zero-order valence-corrected chi connectivity index (χ0v) is 23.5. The van der Waals surface area contributed by atoms with E-state index in [1.54, 1.807) is 6.92 Å². The third-order valence-electron chi connectivity index (χ3n) is 6.89. The van der Waals surface area contributed by atoms with Gasteiger partial charge in [0, 0.05) is 50.3 Å². The van der Waals surface area contributed by atoms with Crippen LogP contribution in [0.3, 0.4) is 0 Å². The molecule has 2 aliphatic rings. The van der Waals surface area contributed by atoms with Crippen molar-refractivity contribution in [2.24, 2.45) is 5.92 Å². The van der Waals surface area contributed by atoms with Gasteiger partial charge in [0.1, 0.15) is 0 Å². The molecule has 4 N–H and O–H groups in total. The largest absolute Gasteiger partial charge is 0.472 e. The second kappa shape index (κ2) is 14.2. The van der Waals surface area contributed by atoms with Gasteiger partial charge in [0.25, 0.3) is 0 Å². The fraction of sp³-hybridized carbons (Fsp3) is 1.00. The van der Waals surface area contributed by atoms with Crippen LogP contribution in [0.1, 0.15) is 19.8 Å². The molecule has 2 heterocycles. The third kappa shape index (κ3) is 10.4. The van der Waals surface area contributed by atoms with Gasteiger partial charge in [0.15, 0.2) is 0 Å². The topological polar surface area (TPSA) is 151 Å². The molecule has 0 aromatic carbocycles. The normalized spacial score (nSPS) is 31.3. The second-order valence-electron chi connectivity index (χ2n) is 9.50. The zero-order chi connectivity index (χ0) is 26.2. The maximum absolute atomic E-state index is 12.3. The Kier molecular flexibility index (Phi) is 12.7. The summed E-state index contributed by atoms with van der Waals surface area (Å²) in [5, 5.41) is 6.39. The first-order valence-corrected chi connectivity index (χ1v) is 14.9. The van der Waals surface area contributed by atoms with E-state index in [1.807, 2.05) is 28.2 Å². The molecular formula is C20H44N4O9P2. The molecule has 208 valence electrons. The van der Waals surface area contributed by atoms with E-state index in [4.69, 9.17) is 22.8 Å². The molecule has 0 spiro atoms. The van der Waals surface area contributed by atoms with Crippen molar-refractivity contribution in [3.63, 3.8) is 0 Å². The quantitative estimate of drug-likeness (QED) is 0.199. The highest BCUT2D eigenvalue weighted by molar-refractivity contribution is 7.47. The molecule has 0 aliphatic carbocycles. The minimum absolute atomic E-state index is 0.00825. The van der Waals surface area contributed by atoms with E-state index < -0.39 is 27.7 Å². The maximum atomic E-state index is 12.3. The number of likely N-dealkylation sites (tertiary alicyclic amines) is 2. The van der Waals surface area contributed by atoms with Crippen LogP contribution in [0.15, 0.2) is 0 Å². The molecule has 0 bridgehead atoms. The molecule has 8 atom stereocenters. The van der Waals surface area contributed by atoms with Crippen LogP contribution in [0.2, 0.25) is 0 Å². The van der Waals surface area contributed by atoms with Crippen molar-refractivity contribution in [3.8, 4) is 0 Å². The highest BCUT2D eigenvalue weighted by Gasteiger charge is 2.34. The number of phosphoric acid groups is 2. The first-order chi connectivity index (χ1) is 16.4. The van der Waals surface area contributed by atoms with E-state index in [0.29, 0.717) is 12.1 Å². The molecule has 0 aromatic heterocycles. The van der Waals surface area contributed by atoms with Crippen LogP contribution >= 0.6 is 15.6 Å². The Morgan fingerprint density at radius 2 is 1.29 bits per heavy atom. The average molecular weight is 547 g/mol. The number of ether oxygens (including phenoxy) is 1. The Balaban J connectivity index is 1.73. The highest BCUT2D eigenvalue weighted by atomic mass is 31.2. The van der Waals surface area contributed by atoms with Gasteiger partial charge in [0.05, 0.1) is 32.5 Å². The Morgan fingerprint density at radius 1 is 0.857 bits per heavy atom. The van der Waals surface area contributed by atoms with Crippen molar-refractivity contribution in [1.82, 2.24) is 20.4 Å². The lowest BCUT2D eigenvalue weighted by Gasteiger charge is -2.25. The van der Waals surface area contributed by atoms with E-state index in [-0.39, 0.29) is 38.5 Å². The molecule has 15 heteroatoms. The molecule has 0 radical (unpaired) electrons. The van der Waals surface area contributed by atoms with Gasteiger partial charge in [-0.15, -0.1) is 0 Å². The van der Waals surface area contributed by atoms with Crippen LogP contribution in [0.4, 0.5) is 0 Å². The summed E-state index contributed by atoms with van der Waals surface area (Å²) in [5.41, 5.74) is 0. The van der Waals surface area contributed by atoms with Crippen LogP contribution in [-0.4, -0.2) is 125 Å². The van der Waals surface area contributed by atoms with Crippen molar-refractivity contribution < 1.29 is 41.7 Å². The summed E-state index contributed by atoms with van der Waals surface area (Å²) in [6.45, 7) is 3.11. The lowest BCUT2D eigenvalue weighted by molar-refractivity contribution is -0.0103. The second-order valence-corrected chi connectivity index (χ2v) is 12.4. The molecule has 35 heavy (non-hydrogen) atoms. The number of hydrogen-bond acceptors (Lipinski definition) is 11. The van der Waals surface area contributed by atoms with Crippen molar-refractivity contribution >= 4 is 15.6 Å². The number of hydrogen-bond donors (Lipinski definition) is 4. The maximum Gasteiger partial charge on any atom is 0.472 e. The molecular weight excluding hydrogens is 502 g/mol. The smallest absolute Gasteiger partial charge is 0.379 e. The van der Waals surface area contributed by atoms with Crippen LogP contribution < -0.4 is 10.6 Å². The van der Waals surface area contributed by atoms with Gasteiger partial charge in [-0.3, -0.25) is 27.9 Å². The summed E-state index contributed by atoms with van der Waals surface area (Å²) in [5.74, 6) is -0.427. The number of rotatable bonds is 16. The summed E-state index contributed by atoms with van der Waals surface area (Å²) >= 11 is 0. The lowest BCUT2D eigenvalue weighted by Crippen LogP contribution is -2.31. The first-order valence-electron chi connectivity index (χ1n) is 11.9. The standard InChI is InChI=1S/C20H44N4O9P2/c1-15(11-30-34(25,26)31-12-18-7-16(21-2)9-23(18)4)20(29-6)14-33-35(27,28)32-13-19-8-17(22-3)10-24(19)5/h15-22H,7-14H2,1-6H3,(H,25,26)(H,27,28). The molecule has 2 saturated heterocycles. The van der Waals surface area contributed by atoms with Gasteiger partial charge in [-0.2, -0.15) is 0 Å². The summed E-state index contributed by atoms with van der Waals surface area (Å²) in [4.78, 5) is 24.3. The number of nitrogens with one attached hydrogen (secondary N) is 2. The van der Waals surface area contributed by atoms with Crippen molar-refractivity contribution in [2.75, 3.05) is 74.8 Å². The van der Waals surface area contributed by atoms with Crippen LogP contribution in [0.25, 0.3) is 0 Å². The fourth-order valence-corrected chi connectivity index (χ4v) is 5.98. The molecule has 8 unspecified atom stereocenters. The zero-order valence-electron chi connectivity index (χ0n) is 21.7. The van der Waals surface area contributed by atoms with Gasteiger partial charge < -0.3 is 25.2 Å². The first kappa shape index (κ1) is 31.2. The van der Waals surface area contributed by atoms with Gasteiger partial charge >= 0.3 is 15.6 Å². The Hall–Kier alpha value is 0.0200. The summed E-state index contributed by atoms with van der Waals surface area (Å²) in [6.07, 6.45) is 0.945. The van der Waals surface area contributed by atoms with E-state index in [0.717, 1.165) is 25.9 Å². The molecule has 0 aromatic rings. The Morgan fingerprint density at radius 3 is 1.66 bits per heavy atom. The predicted molar refractivity (Wildman–Crippen MR) is 131 cm³/mol. The Labute approximate surface area is 209 Å². The predicted octanol–water partition coefficient (Wildman–Crippen LogP) is 0.489. The number of phosphoric ester groups is 2. The third-order valence-corrected chi connectivity index (χ3v) is 8.79. The van der Waals surface area contributed by atoms with Crippen LogP contribution in [0, 0.1) is 5.92 Å². The monoisotopic (exact) mass is 546 g/mol. The number of likely N-dealkylation sites (N-methyl/N-ethyl adjacent to an activating group) is 4. The van der Waals surface area contributed by atoms with Crippen LogP contribution in [-0.2, 0) is 32.0 Å². The molecule has 0 saturated carbocycles. The van der Waals surface area contributed by atoms with E-state index >= 15 is 0 Å². The molecule has 2 rings (SSSR count). The van der Waals surface area contributed by atoms with Crippen molar-refractivity contribution in [3.05, 3.63) is 0 Å². The minimum atomic E-state index is -4.30. The number of nitrogens with zero attached hydrogens (tertiary/aromatic N) is 2. The molecule has 13 nitrogen and oxygen atoms in total. The minimum Gasteiger partial charge on any atom is -0.379 e. The van der Waals surface area contributed by atoms with E-state index in [1.165, 1.54) is 7.11 Å². The van der Waals surface area contributed by atoms with E-state index in [9.17, 15) is 18.9 Å². The molecule has 0 amide bonds. The number of methoxy groups -OCH3 is 1. The van der Waals surface area contributed by atoms with Gasteiger partial charge in [-0.1, -0.05) is 6.92 Å². The summed E-state index contributed by atoms with van der Waals surface area (Å²) in [7, 11) is 0.484. The average Bonchev–Trinajstić information content (AvgIpc) is 3.36. The van der Waals surface area contributed by atoms with Gasteiger partial charge in [-0.05, 0) is 41.0 Å². The van der Waals surface area contributed by atoms with Crippen molar-refractivity contribution in [1.29, 1.82) is 0 Å². The summed E-state index contributed by atoms with van der Waals surface area (Å²) in [6, 6.07) is 0.642. The van der Waals surface area contributed by atoms with E-state index in [2.05, 4.69) is 20.4 Å². The summed E-state index contributed by atoms with van der Waals surface area (Å²) < 4.78 is 50.7. The highest BCUT2D eigenvalue weighted by Crippen LogP contribution is 2.46. The van der Waals surface area contributed by atoms with Crippen molar-refractivity contribution in [2.45, 2.75) is 50.0 Å². The van der Waals surface area contributed by atoms with Gasteiger partial charge in [-0.25, -0.2) is 9.13 Å². The van der Waals surface area contributed by atoms with Gasteiger partial charge in [0.2, 0.25) is 0 Å². The Bertz CT molecular complexity index is 737. The van der Waals surface area contributed by atoms with Crippen LogP contribution in [0.5, 0.6) is 0 Å². The SMILES string of the molecule is CNC1CC(COP(=O)(O)OCC(C)C(COP(=O)(O)OCC2CC(NC)CN2C)OC)N(C)C1. The fourth-order valence-electron chi connectivity index (χ4n) is 4.35. The molecule has 2 aliphatic heterocycles.